The second kappa shape index (κ2) is 17.8. The van der Waals surface area contributed by atoms with Crippen LogP contribution in [0.25, 0.3) is 0 Å². The van der Waals surface area contributed by atoms with Gasteiger partial charge in [0.25, 0.3) is 0 Å². The summed E-state index contributed by atoms with van der Waals surface area (Å²) in [5.74, 6) is -1.60. The minimum atomic E-state index is -1.16. The van der Waals surface area contributed by atoms with Crippen LogP contribution in [0.5, 0.6) is 23.0 Å². The summed E-state index contributed by atoms with van der Waals surface area (Å²) >= 11 is 0. The monoisotopic (exact) mass is 784 g/mol. The zero-order chi connectivity index (χ0) is 41.7. The van der Waals surface area contributed by atoms with Crippen LogP contribution in [-0.4, -0.2) is 122 Å². The van der Waals surface area contributed by atoms with Crippen LogP contribution in [0.3, 0.4) is 0 Å². The Morgan fingerprint density at radius 1 is 0.649 bits per heavy atom. The van der Waals surface area contributed by atoms with Crippen molar-refractivity contribution < 1.29 is 43.0 Å². The van der Waals surface area contributed by atoms with Crippen LogP contribution in [0, 0.1) is 6.92 Å². The molecule has 6 amide bonds. The van der Waals surface area contributed by atoms with Crippen LogP contribution in [0.4, 0.5) is 0 Å². The maximum atomic E-state index is 14.7. The van der Waals surface area contributed by atoms with E-state index < -0.39 is 71.7 Å². The Balaban J connectivity index is 1.59. The number of likely N-dealkylation sites (N-methyl/N-ethyl adjacent to an activating group) is 3. The van der Waals surface area contributed by atoms with Gasteiger partial charge in [0.05, 0.1) is 14.2 Å². The first kappa shape index (κ1) is 42.0. The molecule has 0 aliphatic carbocycles. The quantitative estimate of drug-likeness (QED) is 0.358. The predicted molar refractivity (Wildman–Crippen MR) is 211 cm³/mol. The Kier molecular flexibility index (Phi) is 13.1. The summed E-state index contributed by atoms with van der Waals surface area (Å²) in [5, 5.41) is 8.18. The molecule has 3 aliphatic rings. The average Bonchev–Trinajstić information content (AvgIpc) is 3.20. The van der Waals surface area contributed by atoms with E-state index in [2.05, 4.69) is 16.0 Å². The van der Waals surface area contributed by atoms with Gasteiger partial charge in [0.2, 0.25) is 35.4 Å². The number of carbonyl (C=O) groups excluding carboxylic acids is 6. The summed E-state index contributed by atoms with van der Waals surface area (Å²) in [6, 6.07) is 10.8. The zero-order valence-corrected chi connectivity index (χ0v) is 33.9. The highest BCUT2D eigenvalue weighted by molar-refractivity contribution is 5.98. The van der Waals surface area contributed by atoms with Crippen molar-refractivity contribution in [2.24, 2.45) is 0 Å². The smallest absolute Gasteiger partial charge is 0.246 e. The second-order valence-corrected chi connectivity index (χ2v) is 14.7. The fourth-order valence-electron chi connectivity index (χ4n) is 7.05. The number of amides is 6. The highest BCUT2D eigenvalue weighted by atomic mass is 16.5. The fraction of sp³-hybridized carbons (Fsp3) is 0.429. The SMILES string of the molecule is COc1ccc(CC2C(=O)NC(C)C(=O)N(C)C3Cc4ccc(cc4)Oc4cc(c(C)cc4OC)CC(C(=O)NC(C)C(=O)NC(C)C(=O)N2C)N(C)C3=O)cc1. The minimum absolute atomic E-state index is 0.0122. The van der Waals surface area contributed by atoms with Crippen molar-refractivity contribution in [3.05, 3.63) is 82.9 Å². The van der Waals surface area contributed by atoms with E-state index >= 15 is 0 Å². The van der Waals surface area contributed by atoms with Crippen LogP contribution in [0.2, 0.25) is 0 Å². The van der Waals surface area contributed by atoms with Gasteiger partial charge in [0, 0.05) is 40.4 Å². The van der Waals surface area contributed by atoms with E-state index in [0.29, 0.717) is 39.7 Å². The molecule has 0 saturated carbocycles. The van der Waals surface area contributed by atoms with Crippen LogP contribution >= 0.6 is 0 Å². The van der Waals surface area contributed by atoms with E-state index in [1.807, 2.05) is 6.92 Å². The van der Waals surface area contributed by atoms with Crippen molar-refractivity contribution in [2.45, 2.75) is 83.2 Å². The molecular weight excluding hydrogens is 732 g/mol. The maximum Gasteiger partial charge on any atom is 0.246 e. The van der Waals surface area contributed by atoms with Gasteiger partial charge in [-0.2, -0.15) is 0 Å². The first-order chi connectivity index (χ1) is 27.0. The number of rotatable bonds is 4. The molecule has 15 heteroatoms. The van der Waals surface area contributed by atoms with Crippen molar-refractivity contribution in [3.63, 3.8) is 0 Å². The summed E-state index contributed by atoms with van der Waals surface area (Å²) in [6.07, 6.45) is 0.144. The summed E-state index contributed by atoms with van der Waals surface area (Å²) in [7, 11) is 7.48. The van der Waals surface area contributed by atoms with Gasteiger partial charge in [-0.05, 0) is 86.3 Å². The number of fused-ring (bicyclic) bond motifs is 2. The molecule has 3 aromatic carbocycles. The van der Waals surface area contributed by atoms with Crippen LogP contribution < -0.4 is 30.2 Å². The number of benzene rings is 3. The average molecular weight is 785 g/mol. The second-order valence-electron chi connectivity index (χ2n) is 14.7. The molecule has 3 N–H and O–H groups in total. The van der Waals surface area contributed by atoms with Crippen molar-refractivity contribution in [3.8, 4) is 23.0 Å². The third-order valence-electron chi connectivity index (χ3n) is 10.7. The van der Waals surface area contributed by atoms with E-state index in [9.17, 15) is 28.8 Å². The van der Waals surface area contributed by atoms with Crippen molar-refractivity contribution in [1.82, 2.24) is 30.7 Å². The lowest BCUT2D eigenvalue weighted by molar-refractivity contribution is -0.149. The molecule has 0 radical (unpaired) electrons. The van der Waals surface area contributed by atoms with E-state index in [0.717, 1.165) is 5.56 Å². The first-order valence-corrected chi connectivity index (χ1v) is 18.8. The molecule has 6 rings (SSSR count). The Hall–Kier alpha value is -6.12. The van der Waals surface area contributed by atoms with Crippen molar-refractivity contribution >= 4 is 35.4 Å². The predicted octanol–water partition coefficient (Wildman–Crippen LogP) is 2.15. The molecule has 1 fully saturated rings. The van der Waals surface area contributed by atoms with E-state index in [4.69, 9.17) is 14.2 Å². The van der Waals surface area contributed by atoms with Gasteiger partial charge in [-0.1, -0.05) is 24.3 Å². The van der Waals surface area contributed by atoms with Gasteiger partial charge in [0.15, 0.2) is 11.5 Å². The van der Waals surface area contributed by atoms with Crippen LogP contribution in [0.1, 0.15) is 43.0 Å². The highest BCUT2D eigenvalue weighted by Crippen LogP contribution is 2.35. The molecule has 3 aromatic rings. The van der Waals surface area contributed by atoms with Crippen LogP contribution in [0.15, 0.2) is 60.7 Å². The first-order valence-electron chi connectivity index (χ1n) is 18.8. The number of hydrogen-bond donors (Lipinski definition) is 3. The molecule has 15 nitrogen and oxygen atoms in total. The third kappa shape index (κ3) is 9.47. The molecule has 304 valence electrons. The fourth-order valence-corrected chi connectivity index (χ4v) is 7.05. The maximum absolute atomic E-state index is 14.7. The van der Waals surface area contributed by atoms with E-state index in [1.165, 1.54) is 70.8 Å². The Morgan fingerprint density at radius 2 is 1.23 bits per heavy atom. The van der Waals surface area contributed by atoms with Gasteiger partial charge in [-0.25, -0.2) is 0 Å². The molecule has 57 heavy (non-hydrogen) atoms. The number of nitrogens with zero attached hydrogens (tertiary/aromatic N) is 3. The summed E-state index contributed by atoms with van der Waals surface area (Å²) in [5.41, 5.74) is 2.83. The molecule has 1 saturated heterocycles. The number of aryl methyl sites for hydroxylation is 1. The number of methoxy groups -OCH3 is 2. The molecule has 6 unspecified atom stereocenters. The largest absolute Gasteiger partial charge is 0.497 e. The van der Waals surface area contributed by atoms with Gasteiger partial charge >= 0.3 is 0 Å². The van der Waals surface area contributed by atoms with Crippen molar-refractivity contribution in [2.75, 3.05) is 35.4 Å². The van der Waals surface area contributed by atoms with E-state index in [1.54, 1.807) is 60.7 Å². The number of ether oxygens (including phenoxy) is 3. The van der Waals surface area contributed by atoms with Gasteiger partial charge in [-0.15, -0.1) is 0 Å². The third-order valence-corrected chi connectivity index (χ3v) is 10.7. The lowest BCUT2D eigenvalue weighted by Gasteiger charge is -2.37. The van der Waals surface area contributed by atoms with Crippen molar-refractivity contribution in [1.29, 1.82) is 0 Å². The number of carbonyl (C=O) groups is 6. The molecule has 6 bridgehead atoms. The highest BCUT2D eigenvalue weighted by Gasteiger charge is 2.39. The molecule has 3 aliphatic heterocycles. The lowest BCUT2D eigenvalue weighted by atomic mass is 9.96. The molecule has 0 spiro atoms. The summed E-state index contributed by atoms with van der Waals surface area (Å²) < 4.78 is 17.1. The molecular formula is C42H52N6O9. The normalized spacial score (nSPS) is 24.1. The molecule has 6 atom stereocenters. The number of nitrogens with one attached hydrogen (secondary N) is 3. The minimum Gasteiger partial charge on any atom is -0.497 e. The lowest BCUT2D eigenvalue weighted by Crippen LogP contribution is -2.61. The number of hydrogen-bond acceptors (Lipinski definition) is 9. The van der Waals surface area contributed by atoms with Crippen LogP contribution in [-0.2, 0) is 48.0 Å². The Bertz CT molecular complexity index is 2000. The topological polar surface area (TPSA) is 176 Å². The summed E-state index contributed by atoms with van der Waals surface area (Å²) in [6.45, 7) is 6.31. The van der Waals surface area contributed by atoms with E-state index in [-0.39, 0.29) is 19.3 Å². The van der Waals surface area contributed by atoms with Gasteiger partial charge in [0.1, 0.15) is 47.8 Å². The zero-order valence-electron chi connectivity index (χ0n) is 33.9. The van der Waals surface area contributed by atoms with Gasteiger partial charge < -0.3 is 44.9 Å². The molecule has 0 aromatic heterocycles. The van der Waals surface area contributed by atoms with Gasteiger partial charge in [-0.3, -0.25) is 28.8 Å². The standard InChI is InChI=1S/C42H52N6O9/c1-23-18-35(56-9)36-22-29(23)21-33-39(51)43-24(2)37(49)44-25(3)40(52)46(5)32(19-27-10-14-30(55-8)15-11-27)38(50)45-26(4)41(53)48(7)34(42(54)47(33)6)20-28-12-16-31(57-36)17-13-28/h10-18,22,24-26,32-34H,19-21H2,1-9H3,(H,43,51)(H,44,49)(H,45,50). The summed E-state index contributed by atoms with van der Waals surface area (Å²) in [4.78, 5) is 88.5. The Labute approximate surface area is 333 Å². The molecule has 3 heterocycles. The Morgan fingerprint density at radius 3 is 1.84 bits per heavy atom.